The summed E-state index contributed by atoms with van der Waals surface area (Å²) in [7, 11) is 0. The van der Waals surface area contributed by atoms with Crippen molar-refractivity contribution in [2.75, 3.05) is 75.2 Å². The van der Waals surface area contributed by atoms with Crippen molar-refractivity contribution in [3.63, 3.8) is 0 Å². The number of likely N-dealkylation sites (N-methyl/N-ethyl adjacent to an activating group) is 2. The summed E-state index contributed by atoms with van der Waals surface area (Å²) in [5.41, 5.74) is 0.445. The van der Waals surface area contributed by atoms with Crippen molar-refractivity contribution < 1.29 is 78.0 Å². The summed E-state index contributed by atoms with van der Waals surface area (Å²) in [6, 6.07) is 6.28. The van der Waals surface area contributed by atoms with E-state index in [4.69, 9.17) is 10.2 Å². The number of carboxylic acids is 6. The van der Waals surface area contributed by atoms with Gasteiger partial charge in [0.25, 0.3) is 0 Å². The molecule has 22 heteroatoms. The monoisotopic (exact) mass is 950 g/mol. The van der Waals surface area contributed by atoms with Crippen LogP contribution in [0.5, 0.6) is 0 Å². The largest absolute Gasteiger partial charge is 0.545 e. The number of benzene rings is 2. The number of nitrogens with one attached hydrogen (secondary N) is 2. The van der Waals surface area contributed by atoms with Gasteiger partial charge in [0.1, 0.15) is 22.8 Å². The highest BCUT2D eigenvalue weighted by molar-refractivity contribution is 5.95. The molecule has 0 radical (unpaired) electrons. The van der Waals surface area contributed by atoms with Crippen molar-refractivity contribution in [1.82, 2.24) is 9.13 Å². The Morgan fingerprint density at radius 3 is 1.16 bits per heavy atom. The highest BCUT2D eigenvalue weighted by Gasteiger charge is 2.31. The van der Waals surface area contributed by atoms with Crippen LogP contribution >= 0.6 is 0 Å². The molecule has 0 atom stereocenters. The number of aromatic nitrogens is 2. The molecular formula is C46H52F2N6O14. The minimum atomic E-state index is -1.55. The summed E-state index contributed by atoms with van der Waals surface area (Å²) in [5.74, 6) is -9.06. The second kappa shape index (κ2) is 22.8. The third-order valence-corrected chi connectivity index (χ3v) is 11.9. The molecule has 2 aromatic heterocycles. The second-order valence-corrected chi connectivity index (χ2v) is 16.4. The normalized spacial score (nSPS) is 16.4. The first kappa shape index (κ1) is 51.5. The number of quaternary nitrogens is 2. The van der Waals surface area contributed by atoms with Crippen LogP contribution in [0.2, 0.25) is 0 Å². The first-order valence-electron chi connectivity index (χ1n) is 21.9. The van der Waals surface area contributed by atoms with E-state index < -0.39 is 58.3 Å². The third kappa shape index (κ3) is 13.3. The molecule has 8 rings (SSSR count). The Morgan fingerprint density at radius 2 is 0.912 bits per heavy atom. The SMILES string of the molecule is CC[NH+]1CCN(c2cc3c(cc2F)c(=O)c(C(=O)O)cn3C2CC2)CC1.CC[NH+]1CCN(c2cc3c(cc2F)c(=O)c(C(=O)O)cn3C2CC2)CC1.O=C(O)/C=C/C(=O)O.O=C([O-])/C=C/C(=O)[O-]. The van der Waals surface area contributed by atoms with Crippen LogP contribution in [0.25, 0.3) is 21.8 Å². The number of carbonyl (C=O) groups excluding carboxylic acids is 2. The number of pyridine rings is 2. The summed E-state index contributed by atoms with van der Waals surface area (Å²) in [5, 5.41) is 53.4. The molecule has 2 aromatic carbocycles. The molecule has 2 saturated carbocycles. The van der Waals surface area contributed by atoms with Gasteiger partial charge in [-0.15, -0.1) is 0 Å². The molecule has 4 fully saturated rings. The Labute approximate surface area is 386 Å². The van der Waals surface area contributed by atoms with Crippen LogP contribution < -0.4 is 40.7 Å². The topological polar surface area (TPSA) is 289 Å². The lowest BCUT2D eigenvalue weighted by atomic mass is 10.1. The molecule has 0 spiro atoms. The number of piperazine rings is 2. The molecule has 4 aromatic rings. The number of aliphatic carboxylic acids is 4. The van der Waals surface area contributed by atoms with Gasteiger partial charge in [0.05, 0.1) is 99.8 Å². The van der Waals surface area contributed by atoms with Gasteiger partial charge in [-0.3, -0.25) is 9.59 Å². The highest BCUT2D eigenvalue weighted by Crippen LogP contribution is 2.39. The number of hydrogen-bond donors (Lipinski definition) is 6. The number of nitrogens with zero attached hydrogens (tertiary/aromatic N) is 4. The average Bonchev–Trinajstić information content (AvgIpc) is 4.25. The molecule has 20 nitrogen and oxygen atoms in total. The predicted molar refractivity (Wildman–Crippen MR) is 237 cm³/mol. The van der Waals surface area contributed by atoms with E-state index in [1.807, 2.05) is 18.9 Å². The number of rotatable bonds is 12. The molecular weight excluding hydrogens is 899 g/mol. The van der Waals surface area contributed by atoms with Crippen LogP contribution in [0.3, 0.4) is 0 Å². The van der Waals surface area contributed by atoms with Crippen molar-refractivity contribution >= 4 is 69.0 Å². The molecule has 4 aliphatic rings. The van der Waals surface area contributed by atoms with E-state index in [0.717, 1.165) is 91.1 Å². The highest BCUT2D eigenvalue weighted by atomic mass is 19.1. The lowest BCUT2D eigenvalue weighted by Crippen LogP contribution is -3.14. The van der Waals surface area contributed by atoms with E-state index in [2.05, 4.69) is 13.8 Å². The molecule has 0 unspecified atom stereocenters. The van der Waals surface area contributed by atoms with Gasteiger partial charge < -0.3 is 69.0 Å². The quantitative estimate of drug-likeness (QED) is 0.0886. The summed E-state index contributed by atoms with van der Waals surface area (Å²) in [4.78, 5) is 92.8. The van der Waals surface area contributed by atoms with Crippen molar-refractivity contribution in [1.29, 1.82) is 0 Å². The van der Waals surface area contributed by atoms with Gasteiger partial charge in [-0.25, -0.2) is 28.0 Å². The zero-order valence-corrected chi connectivity index (χ0v) is 37.2. The Morgan fingerprint density at radius 1 is 0.588 bits per heavy atom. The maximum absolute atomic E-state index is 14.8. The van der Waals surface area contributed by atoms with E-state index >= 15 is 0 Å². The number of halogens is 2. The average molecular weight is 951 g/mol. The minimum Gasteiger partial charge on any atom is -0.545 e. The van der Waals surface area contributed by atoms with Crippen LogP contribution in [-0.4, -0.2) is 131 Å². The third-order valence-electron chi connectivity index (χ3n) is 11.9. The molecule has 0 bridgehead atoms. The van der Waals surface area contributed by atoms with Crippen LogP contribution in [0.4, 0.5) is 20.2 Å². The maximum atomic E-state index is 14.8. The molecule has 0 amide bonds. The number of aromatic carboxylic acids is 2. The Bertz CT molecular complexity index is 2550. The van der Waals surface area contributed by atoms with E-state index in [9.17, 15) is 67.6 Å². The first-order chi connectivity index (χ1) is 32.2. The fraction of sp³-hybridized carbons (Fsp3) is 0.391. The lowest BCUT2D eigenvalue weighted by molar-refractivity contribution is -0.898. The summed E-state index contributed by atoms with van der Waals surface area (Å²) in [6.07, 6.45) is 8.52. The van der Waals surface area contributed by atoms with E-state index in [-0.39, 0.29) is 34.0 Å². The van der Waals surface area contributed by atoms with E-state index in [1.165, 1.54) is 34.3 Å². The molecule has 2 aliphatic carbocycles. The minimum absolute atomic E-state index is 0.149. The lowest BCUT2D eigenvalue weighted by Gasteiger charge is -2.33. The van der Waals surface area contributed by atoms with Crippen LogP contribution in [0, 0.1) is 11.6 Å². The molecule has 68 heavy (non-hydrogen) atoms. The summed E-state index contributed by atoms with van der Waals surface area (Å²) < 4.78 is 33.3. The van der Waals surface area contributed by atoms with Crippen LogP contribution in [-0.2, 0) is 19.2 Å². The smallest absolute Gasteiger partial charge is 0.341 e. The summed E-state index contributed by atoms with van der Waals surface area (Å²) >= 11 is 0. The van der Waals surface area contributed by atoms with Gasteiger partial charge in [0, 0.05) is 47.4 Å². The van der Waals surface area contributed by atoms with E-state index in [1.54, 1.807) is 12.1 Å². The standard InChI is InChI=1S/2C19H22FN3O3.2C4H4O4/c2*1-2-21-5-7-22(8-6-21)17-10-16-13(9-15(17)20)18(24)14(19(25)26)11-23(16)12-3-4-12;2*5-3(6)1-2-4(7)8/h2*9-12H,2-8H2,1H3,(H,25,26);2*1-2H,(H,5,6)(H,7,8)/b;;2*2-1+. The molecule has 6 N–H and O–H groups in total. The molecule has 364 valence electrons. The molecule has 2 saturated heterocycles. The molecule has 2 aliphatic heterocycles. The van der Waals surface area contributed by atoms with Gasteiger partial charge in [-0.05, 0) is 75.9 Å². The number of fused-ring (bicyclic) bond motifs is 2. The Kier molecular flexibility index (Phi) is 17.3. The zero-order valence-electron chi connectivity index (χ0n) is 37.2. The maximum Gasteiger partial charge on any atom is 0.341 e. The summed E-state index contributed by atoms with van der Waals surface area (Å²) in [6.45, 7) is 13.3. The number of anilines is 2. The van der Waals surface area contributed by atoms with Crippen molar-refractivity contribution in [3.8, 4) is 0 Å². The number of carboxylic acid groups (broad SMARTS) is 6. The number of carbonyl (C=O) groups is 6. The van der Waals surface area contributed by atoms with Crippen LogP contribution in [0.1, 0.15) is 72.3 Å². The zero-order chi connectivity index (χ0) is 50.0. The van der Waals surface area contributed by atoms with Crippen molar-refractivity contribution in [2.24, 2.45) is 0 Å². The van der Waals surface area contributed by atoms with Gasteiger partial charge in [0.15, 0.2) is 0 Å². The van der Waals surface area contributed by atoms with E-state index in [0.29, 0.717) is 46.7 Å². The van der Waals surface area contributed by atoms with Gasteiger partial charge >= 0.3 is 23.9 Å². The fourth-order valence-electron chi connectivity index (χ4n) is 7.93. The Hall–Kier alpha value is -7.46. The van der Waals surface area contributed by atoms with Gasteiger partial charge in [0.2, 0.25) is 10.9 Å². The predicted octanol–water partition coefficient (Wildman–Crippen LogP) is -1.45. The second-order valence-electron chi connectivity index (χ2n) is 16.4. The fourth-order valence-corrected chi connectivity index (χ4v) is 7.93. The van der Waals surface area contributed by atoms with Crippen molar-refractivity contribution in [3.05, 3.63) is 104 Å². The van der Waals surface area contributed by atoms with Crippen LogP contribution in [0.15, 0.2) is 70.6 Å². The Balaban J connectivity index is 0.000000194. The van der Waals surface area contributed by atoms with Gasteiger partial charge in [-0.2, -0.15) is 0 Å². The number of hydrogen-bond acceptors (Lipinski definition) is 12. The first-order valence-corrected chi connectivity index (χ1v) is 21.9. The van der Waals surface area contributed by atoms with Gasteiger partial charge in [-0.1, -0.05) is 0 Å². The van der Waals surface area contributed by atoms with Crippen molar-refractivity contribution in [2.45, 2.75) is 51.6 Å². The molecule has 4 heterocycles.